The fourth-order valence-corrected chi connectivity index (χ4v) is 2.87. The van der Waals surface area contributed by atoms with Gasteiger partial charge in [0.05, 0.1) is 23.8 Å². The first-order chi connectivity index (χ1) is 13.3. The van der Waals surface area contributed by atoms with Crippen LogP contribution in [0.25, 0.3) is 0 Å². The smallest absolute Gasteiger partial charge is 0.200 e. The number of hydrogen-bond donors (Lipinski definition) is 2. The van der Waals surface area contributed by atoms with Crippen LogP contribution in [0, 0.1) is 5.82 Å². The molecule has 0 aliphatic rings. The second-order valence-corrected chi connectivity index (χ2v) is 6.33. The summed E-state index contributed by atoms with van der Waals surface area (Å²) in [6.07, 6.45) is 0. The number of ether oxygens (including phenoxy) is 1. The Bertz CT molecular complexity index is 1090. The molecular weight excluding hydrogens is 387 g/mol. The Morgan fingerprint density at radius 1 is 0.857 bits per heavy atom. The second kappa shape index (κ2) is 7.70. The third-order valence-electron chi connectivity index (χ3n) is 4.11. The standard InChI is InChI=1S/C21H14ClFO5/c1-28-19-10-13(23)4-5-14(19)21(27)15-8-11(2-6-17(15)24)20(26)16-9-12(22)3-7-18(16)25/h2-10,24-25H,1H3. The first-order valence-electron chi connectivity index (χ1n) is 8.06. The Morgan fingerprint density at radius 2 is 1.50 bits per heavy atom. The molecule has 0 aliphatic heterocycles. The van der Waals surface area contributed by atoms with Crippen molar-refractivity contribution in [2.24, 2.45) is 0 Å². The molecule has 2 N–H and O–H groups in total. The lowest BCUT2D eigenvalue weighted by Crippen LogP contribution is -2.08. The minimum absolute atomic E-state index is 0.00591. The van der Waals surface area contributed by atoms with Gasteiger partial charge in [0.1, 0.15) is 23.1 Å². The molecule has 0 saturated carbocycles. The molecule has 0 spiro atoms. The largest absolute Gasteiger partial charge is 0.507 e. The molecule has 0 atom stereocenters. The number of phenols is 2. The number of benzene rings is 3. The predicted octanol–water partition coefficient (Wildman–Crippen LogP) is 4.36. The zero-order valence-electron chi connectivity index (χ0n) is 14.6. The van der Waals surface area contributed by atoms with Crippen LogP contribution in [0.2, 0.25) is 5.02 Å². The Kier molecular flexibility index (Phi) is 5.33. The lowest BCUT2D eigenvalue weighted by atomic mass is 9.96. The van der Waals surface area contributed by atoms with Gasteiger partial charge in [-0.1, -0.05) is 11.6 Å². The van der Waals surface area contributed by atoms with Crippen LogP contribution in [-0.4, -0.2) is 28.9 Å². The molecule has 0 heterocycles. The van der Waals surface area contributed by atoms with Crippen LogP contribution in [0.1, 0.15) is 31.8 Å². The van der Waals surface area contributed by atoms with E-state index in [1.807, 2.05) is 0 Å². The van der Waals surface area contributed by atoms with Crippen molar-refractivity contribution in [1.82, 2.24) is 0 Å². The number of carbonyl (C=O) groups excluding carboxylic acids is 2. The summed E-state index contributed by atoms with van der Waals surface area (Å²) >= 11 is 5.88. The summed E-state index contributed by atoms with van der Waals surface area (Å²) < 4.78 is 18.4. The summed E-state index contributed by atoms with van der Waals surface area (Å²) in [5.74, 6) is -2.45. The highest BCUT2D eigenvalue weighted by Crippen LogP contribution is 2.30. The normalized spacial score (nSPS) is 10.5. The topological polar surface area (TPSA) is 83.8 Å². The Morgan fingerprint density at radius 3 is 2.18 bits per heavy atom. The van der Waals surface area contributed by atoms with Gasteiger partial charge in [0, 0.05) is 16.7 Å². The van der Waals surface area contributed by atoms with E-state index in [2.05, 4.69) is 0 Å². The summed E-state index contributed by atoms with van der Waals surface area (Å²) in [4.78, 5) is 25.6. The molecule has 0 aromatic heterocycles. The molecular formula is C21H14ClFO5. The van der Waals surface area contributed by atoms with Gasteiger partial charge in [-0.05, 0) is 48.5 Å². The highest BCUT2D eigenvalue weighted by molar-refractivity contribution is 6.31. The van der Waals surface area contributed by atoms with E-state index in [-0.39, 0.29) is 44.5 Å². The number of aromatic hydroxyl groups is 2. The fourth-order valence-electron chi connectivity index (χ4n) is 2.70. The van der Waals surface area contributed by atoms with Gasteiger partial charge in [-0.2, -0.15) is 0 Å². The first kappa shape index (κ1) is 19.4. The predicted molar refractivity (Wildman–Crippen MR) is 101 cm³/mol. The molecule has 5 nitrogen and oxygen atoms in total. The van der Waals surface area contributed by atoms with E-state index in [0.717, 1.165) is 12.1 Å². The molecule has 3 aromatic rings. The summed E-state index contributed by atoms with van der Waals surface area (Å²) in [5, 5.41) is 20.3. The van der Waals surface area contributed by atoms with Gasteiger partial charge < -0.3 is 14.9 Å². The van der Waals surface area contributed by atoms with E-state index in [1.54, 1.807) is 0 Å². The minimum atomic E-state index is -0.653. The lowest BCUT2D eigenvalue weighted by Gasteiger charge is -2.11. The average Bonchev–Trinajstić information content (AvgIpc) is 2.69. The lowest BCUT2D eigenvalue weighted by molar-refractivity contribution is 0.103. The van der Waals surface area contributed by atoms with Gasteiger partial charge >= 0.3 is 0 Å². The van der Waals surface area contributed by atoms with Crippen molar-refractivity contribution in [3.63, 3.8) is 0 Å². The minimum Gasteiger partial charge on any atom is -0.507 e. The van der Waals surface area contributed by atoms with Crippen LogP contribution in [0.5, 0.6) is 17.2 Å². The number of carbonyl (C=O) groups is 2. The molecule has 0 fully saturated rings. The summed E-state index contributed by atoms with van der Waals surface area (Å²) in [6.45, 7) is 0. The third kappa shape index (κ3) is 3.68. The highest BCUT2D eigenvalue weighted by Gasteiger charge is 2.22. The molecule has 0 aliphatic carbocycles. The van der Waals surface area contributed by atoms with E-state index >= 15 is 0 Å². The van der Waals surface area contributed by atoms with Crippen LogP contribution in [-0.2, 0) is 0 Å². The van der Waals surface area contributed by atoms with E-state index < -0.39 is 17.4 Å². The second-order valence-electron chi connectivity index (χ2n) is 5.90. The molecule has 0 radical (unpaired) electrons. The molecule has 0 unspecified atom stereocenters. The molecule has 0 amide bonds. The molecule has 0 bridgehead atoms. The number of halogens is 2. The summed E-state index contributed by atoms with van der Waals surface area (Å²) in [5.41, 5.74) is -0.137. The average molecular weight is 401 g/mol. The van der Waals surface area contributed by atoms with E-state index in [1.165, 1.54) is 49.6 Å². The highest BCUT2D eigenvalue weighted by atomic mass is 35.5. The number of phenolic OH excluding ortho intramolecular Hbond substituents is 2. The van der Waals surface area contributed by atoms with Gasteiger partial charge in [-0.15, -0.1) is 0 Å². The van der Waals surface area contributed by atoms with Crippen LogP contribution in [0.4, 0.5) is 4.39 Å². The zero-order valence-corrected chi connectivity index (χ0v) is 15.3. The van der Waals surface area contributed by atoms with Gasteiger partial charge in [0.2, 0.25) is 0 Å². The Hall–Kier alpha value is -3.38. The maximum atomic E-state index is 13.4. The van der Waals surface area contributed by atoms with Crippen molar-refractivity contribution in [1.29, 1.82) is 0 Å². The quantitative estimate of drug-likeness (QED) is 0.622. The van der Waals surface area contributed by atoms with Gasteiger partial charge in [-0.3, -0.25) is 9.59 Å². The number of hydrogen-bond acceptors (Lipinski definition) is 5. The van der Waals surface area contributed by atoms with Crippen molar-refractivity contribution in [2.45, 2.75) is 0 Å². The number of ketones is 2. The van der Waals surface area contributed by atoms with Crippen molar-refractivity contribution in [3.05, 3.63) is 87.7 Å². The molecule has 7 heteroatoms. The molecule has 28 heavy (non-hydrogen) atoms. The van der Waals surface area contributed by atoms with Gasteiger partial charge in [0.25, 0.3) is 0 Å². The van der Waals surface area contributed by atoms with Crippen LogP contribution < -0.4 is 4.74 Å². The van der Waals surface area contributed by atoms with Crippen LogP contribution in [0.15, 0.2) is 54.6 Å². The van der Waals surface area contributed by atoms with Crippen molar-refractivity contribution in [3.8, 4) is 17.2 Å². The third-order valence-corrected chi connectivity index (χ3v) is 4.35. The van der Waals surface area contributed by atoms with Gasteiger partial charge in [-0.25, -0.2) is 4.39 Å². The van der Waals surface area contributed by atoms with Crippen LogP contribution in [0.3, 0.4) is 0 Å². The number of methoxy groups -OCH3 is 1. The SMILES string of the molecule is COc1cc(F)ccc1C(=O)c1cc(C(=O)c2cc(Cl)ccc2O)ccc1O. The van der Waals surface area contributed by atoms with E-state index in [0.29, 0.717) is 0 Å². The van der Waals surface area contributed by atoms with E-state index in [9.17, 15) is 24.2 Å². The summed E-state index contributed by atoms with van der Waals surface area (Å²) in [7, 11) is 1.29. The van der Waals surface area contributed by atoms with E-state index in [4.69, 9.17) is 16.3 Å². The maximum absolute atomic E-state index is 13.4. The monoisotopic (exact) mass is 400 g/mol. The molecule has 3 aromatic carbocycles. The Labute approximate surface area is 164 Å². The Balaban J connectivity index is 2.06. The number of rotatable bonds is 5. The maximum Gasteiger partial charge on any atom is 0.200 e. The van der Waals surface area contributed by atoms with Crippen LogP contribution >= 0.6 is 11.6 Å². The molecule has 3 rings (SSSR count). The van der Waals surface area contributed by atoms with Gasteiger partial charge in [0.15, 0.2) is 11.6 Å². The van der Waals surface area contributed by atoms with Crippen molar-refractivity contribution < 1.29 is 28.9 Å². The summed E-state index contributed by atoms with van der Waals surface area (Å²) in [6, 6.07) is 11.1. The zero-order chi connectivity index (χ0) is 20.4. The molecule has 142 valence electrons. The fraction of sp³-hybridized carbons (Fsp3) is 0.0476. The van der Waals surface area contributed by atoms with Crippen molar-refractivity contribution >= 4 is 23.2 Å². The first-order valence-corrected chi connectivity index (χ1v) is 8.44. The van der Waals surface area contributed by atoms with Crippen molar-refractivity contribution in [2.75, 3.05) is 7.11 Å². The molecule has 0 saturated heterocycles.